The monoisotopic (exact) mass is 724 g/mol. The molecular formula is C52H44N4. The van der Waals surface area contributed by atoms with Crippen LogP contribution in [0.4, 0.5) is 0 Å². The minimum atomic E-state index is -0.556. The molecule has 4 atom stereocenters. The summed E-state index contributed by atoms with van der Waals surface area (Å²) >= 11 is 0. The van der Waals surface area contributed by atoms with Crippen molar-refractivity contribution in [2.45, 2.75) is 56.8 Å². The Balaban J connectivity index is 1.19. The van der Waals surface area contributed by atoms with Gasteiger partial charge in [-0.2, -0.15) is 5.26 Å². The summed E-state index contributed by atoms with van der Waals surface area (Å²) < 4.78 is 0. The van der Waals surface area contributed by atoms with Gasteiger partial charge in [-0.05, 0) is 125 Å². The third kappa shape index (κ3) is 5.68. The lowest BCUT2D eigenvalue weighted by atomic mass is 9.57. The molecule has 1 aromatic heterocycles. The number of nitriles is 1. The van der Waals surface area contributed by atoms with E-state index in [4.69, 9.17) is 15.0 Å². The van der Waals surface area contributed by atoms with Gasteiger partial charge in [0.05, 0.1) is 17.0 Å². The molecule has 1 unspecified atom stereocenters. The average Bonchev–Trinajstić information content (AvgIpc) is 3.54. The maximum atomic E-state index is 9.48. The number of rotatable bonds is 6. The minimum Gasteiger partial charge on any atom is -0.208 e. The molecule has 2 saturated carbocycles. The molecule has 0 saturated heterocycles. The van der Waals surface area contributed by atoms with E-state index >= 15 is 0 Å². The van der Waals surface area contributed by atoms with Gasteiger partial charge >= 0.3 is 0 Å². The first-order valence-electron chi connectivity index (χ1n) is 20.1. The smallest absolute Gasteiger partial charge is 0.164 e. The molecule has 7 aromatic rings. The fourth-order valence-electron chi connectivity index (χ4n) is 10.9. The van der Waals surface area contributed by atoms with E-state index in [9.17, 15) is 5.26 Å². The summed E-state index contributed by atoms with van der Waals surface area (Å²) in [5, 5.41) is 9.48. The van der Waals surface area contributed by atoms with Crippen LogP contribution in [0.1, 0.15) is 79.3 Å². The highest BCUT2D eigenvalue weighted by Crippen LogP contribution is 2.59. The lowest BCUT2D eigenvalue weighted by Crippen LogP contribution is -2.39. The number of nitrogens with zero attached hydrogens (tertiary/aromatic N) is 4. The molecule has 1 heterocycles. The van der Waals surface area contributed by atoms with Crippen molar-refractivity contribution >= 4 is 0 Å². The standard InChI is InChI=1S/C52H44N4/c1-34-26-36-28-37(27-34)32-51(2,31-36)43-23-25-45-44-24-22-40(29-46(44)52(47(45)30-43,41-14-8-4-9-15-41)42-16-10-5-11-17-42)50-55-48(38-12-6-3-7-13-38)54-49(56-50)39-20-18-35(33-53)19-21-39/h3-25,29-30,34,36-37H,26-28,31-32H2,1-2H3/t34-,36+,37-,51?. The molecular weight excluding hydrogens is 681 g/mol. The van der Waals surface area contributed by atoms with Crippen LogP contribution in [-0.4, -0.2) is 15.0 Å². The van der Waals surface area contributed by atoms with Gasteiger partial charge in [0, 0.05) is 16.7 Å². The normalized spacial score (nSPS) is 21.8. The van der Waals surface area contributed by atoms with Crippen LogP contribution < -0.4 is 0 Å². The van der Waals surface area contributed by atoms with Crippen LogP contribution in [0.15, 0.2) is 152 Å². The molecule has 0 N–H and O–H groups in total. The van der Waals surface area contributed by atoms with Crippen LogP contribution in [0.5, 0.6) is 0 Å². The van der Waals surface area contributed by atoms with Gasteiger partial charge in [-0.3, -0.25) is 0 Å². The third-order valence-electron chi connectivity index (χ3n) is 13.1. The molecule has 6 aromatic carbocycles. The Hall–Kier alpha value is -6.18. The average molecular weight is 725 g/mol. The van der Waals surface area contributed by atoms with Crippen LogP contribution in [0, 0.1) is 29.1 Å². The van der Waals surface area contributed by atoms with Crippen molar-refractivity contribution in [1.29, 1.82) is 5.26 Å². The number of fused-ring (bicyclic) bond motifs is 5. The second kappa shape index (κ2) is 13.5. The van der Waals surface area contributed by atoms with Crippen LogP contribution in [0.3, 0.4) is 0 Å². The summed E-state index contributed by atoms with van der Waals surface area (Å²) in [5.74, 6) is 4.25. The fourth-order valence-corrected chi connectivity index (χ4v) is 10.9. The molecule has 3 aliphatic carbocycles. The SMILES string of the molecule is C[C@H]1C[C@@H]2C[C@H](C1)CC(C)(c1ccc3c(c1)C(c1ccccc1)(c1ccccc1)c1cc(-c4nc(-c5ccccc5)nc(-c5ccc(C#N)cc5)n4)ccc1-3)C2. The van der Waals surface area contributed by atoms with Gasteiger partial charge in [0.25, 0.3) is 0 Å². The van der Waals surface area contributed by atoms with Crippen molar-refractivity contribution in [3.8, 4) is 51.4 Å². The predicted octanol–water partition coefficient (Wildman–Crippen LogP) is 12.2. The Morgan fingerprint density at radius 1 is 0.518 bits per heavy atom. The summed E-state index contributed by atoms with van der Waals surface area (Å²) in [6.07, 6.45) is 6.64. The first-order chi connectivity index (χ1) is 27.4. The van der Waals surface area contributed by atoms with Crippen LogP contribution in [0.2, 0.25) is 0 Å². The Kier molecular flexibility index (Phi) is 8.29. The zero-order chi connectivity index (χ0) is 37.9. The lowest BCUT2D eigenvalue weighted by molar-refractivity contribution is 0.0898. The maximum Gasteiger partial charge on any atom is 0.164 e. The fraction of sp³-hybridized carbons (Fsp3) is 0.231. The minimum absolute atomic E-state index is 0.141. The zero-order valence-corrected chi connectivity index (χ0v) is 32.0. The second-order valence-electron chi connectivity index (χ2n) is 16.9. The second-order valence-corrected chi connectivity index (χ2v) is 16.9. The highest BCUT2D eigenvalue weighted by Gasteiger charge is 2.48. The first-order valence-corrected chi connectivity index (χ1v) is 20.1. The largest absolute Gasteiger partial charge is 0.208 e. The summed E-state index contributed by atoms with van der Waals surface area (Å²) in [4.78, 5) is 15.2. The highest BCUT2D eigenvalue weighted by molar-refractivity contribution is 5.88. The van der Waals surface area contributed by atoms with Gasteiger partial charge in [0.2, 0.25) is 0 Å². The zero-order valence-electron chi connectivity index (χ0n) is 32.0. The first kappa shape index (κ1) is 34.3. The predicted molar refractivity (Wildman–Crippen MR) is 225 cm³/mol. The topological polar surface area (TPSA) is 62.5 Å². The Morgan fingerprint density at radius 3 is 1.57 bits per heavy atom. The maximum absolute atomic E-state index is 9.48. The van der Waals surface area contributed by atoms with Gasteiger partial charge in [-0.1, -0.05) is 135 Å². The molecule has 272 valence electrons. The van der Waals surface area contributed by atoms with Gasteiger partial charge in [-0.15, -0.1) is 0 Å². The lowest BCUT2D eigenvalue weighted by Gasteiger charge is -2.48. The van der Waals surface area contributed by atoms with Crippen molar-refractivity contribution in [2.24, 2.45) is 17.8 Å². The van der Waals surface area contributed by atoms with Crippen molar-refractivity contribution in [3.05, 3.63) is 185 Å². The molecule has 2 bridgehead atoms. The van der Waals surface area contributed by atoms with Crippen LogP contribution in [0.25, 0.3) is 45.3 Å². The Bertz CT molecular complexity index is 2550. The van der Waals surface area contributed by atoms with Crippen molar-refractivity contribution < 1.29 is 0 Å². The molecule has 0 spiro atoms. The molecule has 56 heavy (non-hydrogen) atoms. The molecule has 0 radical (unpaired) electrons. The molecule has 2 fully saturated rings. The third-order valence-corrected chi connectivity index (χ3v) is 13.1. The van der Waals surface area contributed by atoms with E-state index in [1.165, 1.54) is 71.0 Å². The molecule has 4 nitrogen and oxygen atoms in total. The van der Waals surface area contributed by atoms with E-state index in [0.29, 0.717) is 23.0 Å². The van der Waals surface area contributed by atoms with E-state index in [0.717, 1.165) is 34.4 Å². The molecule has 4 heteroatoms. The van der Waals surface area contributed by atoms with E-state index in [1.807, 2.05) is 54.6 Å². The van der Waals surface area contributed by atoms with E-state index in [1.54, 1.807) is 0 Å². The Morgan fingerprint density at radius 2 is 1.00 bits per heavy atom. The van der Waals surface area contributed by atoms with Crippen molar-refractivity contribution in [3.63, 3.8) is 0 Å². The summed E-state index contributed by atoms with van der Waals surface area (Å²) in [5.41, 5.74) is 12.0. The quantitative estimate of drug-likeness (QED) is 0.171. The summed E-state index contributed by atoms with van der Waals surface area (Å²) in [7, 11) is 0. The molecule has 3 aliphatic rings. The molecule has 10 rings (SSSR count). The van der Waals surface area contributed by atoms with Gasteiger partial charge in [-0.25, -0.2) is 15.0 Å². The van der Waals surface area contributed by atoms with E-state index in [-0.39, 0.29) is 5.41 Å². The number of benzene rings is 6. The number of hydrogen-bond donors (Lipinski definition) is 0. The number of hydrogen-bond acceptors (Lipinski definition) is 4. The van der Waals surface area contributed by atoms with E-state index in [2.05, 4.69) is 117 Å². The molecule has 0 aliphatic heterocycles. The van der Waals surface area contributed by atoms with Gasteiger partial charge in [0.1, 0.15) is 0 Å². The Labute approximate surface area is 330 Å². The van der Waals surface area contributed by atoms with Gasteiger partial charge in [0.15, 0.2) is 17.5 Å². The van der Waals surface area contributed by atoms with Crippen molar-refractivity contribution in [2.75, 3.05) is 0 Å². The van der Waals surface area contributed by atoms with Gasteiger partial charge < -0.3 is 0 Å². The molecule has 0 amide bonds. The van der Waals surface area contributed by atoms with E-state index < -0.39 is 5.41 Å². The van der Waals surface area contributed by atoms with Crippen molar-refractivity contribution in [1.82, 2.24) is 15.0 Å². The summed E-state index contributed by atoms with van der Waals surface area (Å²) in [6, 6.07) is 56.3. The summed E-state index contributed by atoms with van der Waals surface area (Å²) in [6.45, 7) is 5.01. The van der Waals surface area contributed by atoms with Crippen LogP contribution >= 0.6 is 0 Å². The number of aromatic nitrogens is 3. The highest BCUT2D eigenvalue weighted by atomic mass is 15.0. The van der Waals surface area contributed by atoms with Crippen LogP contribution in [-0.2, 0) is 10.8 Å².